The molecule has 0 amide bonds. The molecule has 86 valence electrons. The maximum Gasteiger partial charge on any atom is 0.273 e. The van der Waals surface area contributed by atoms with Gasteiger partial charge in [0.1, 0.15) is 11.5 Å². The Labute approximate surface area is 97.1 Å². The third-order valence-corrected chi connectivity index (χ3v) is 2.15. The molecule has 16 heavy (non-hydrogen) atoms. The third kappa shape index (κ3) is 3.51. The van der Waals surface area contributed by atoms with Gasteiger partial charge in [0.05, 0.1) is 22.6 Å². The number of halogens is 1. The normalized spacial score (nSPS) is 9.88. The van der Waals surface area contributed by atoms with Crippen molar-refractivity contribution < 1.29 is 14.5 Å². The second kappa shape index (κ2) is 5.46. The number of nitro groups is 1. The Morgan fingerprint density at radius 1 is 1.56 bits per heavy atom. The number of Topliss-reactive ketones (excluding diaryl/α,β-unsaturated/α-hetero) is 1. The zero-order valence-corrected chi connectivity index (χ0v) is 9.36. The Kier molecular flexibility index (Phi) is 4.25. The number of hydrogen-bond acceptors (Lipinski definition) is 4. The van der Waals surface area contributed by atoms with Crippen molar-refractivity contribution >= 4 is 23.1 Å². The number of non-ortho nitro benzene ring substituents is 1. The fourth-order valence-corrected chi connectivity index (χ4v) is 1.19. The first-order chi connectivity index (χ1) is 7.50. The monoisotopic (exact) mass is 243 g/mol. The van der Waals surface area contributed by atoms with Crippen LogP contribution in [0.1, 0.15) is 13.3 Å². The molecule has 0 atom stereocenters. The van der Waals surface area contributed by atoms with Gasteiger partial charge in [0.2, 0.25) is 0 Å². The highest BCUT2D eigenvalue weighted by Crippen LogP contribution is 2.28. The average molecular weight is 244 g/mol. The number of carbonyl (C=O) groups excluding carboxylic acids is 1. The first kappa shape index (κ1) is 12.4. The highest BCUT2D eigenvalue weighted by atomic mass is 35.5. The van der Waals surface area contributed by atoms with Gasteiger partial charge in [-0.3, -0.25) is 14.9 Å². The van der Waals surface area contributed by atoms with Crippen molar-refractivity contribution in [2.24, 2.45) is 0 Å². The van der Waals surface area contributed by atoms with E-state index >= 15 is 0 Å². The lowest BCUT2D eigenvalue weighted by Gasteiger charge is -2.06. The van der Waals surface area contributed by atoms with Crippen LogP contribution in [0.15, 0.2) is 18.2 Å². The first-order valence-electron chi connectivity index (χ1n) is 4.57. The number of rotatable bonds is 5. The summed E-state index contributed by atoms with van der Waals surface area (Å²) in [4.78, 5) is 20.6. The lowest BCUT2D eigenvalue weighted by atomic mass is 10.3. The minimum atomic E-state index is -0.534. The van der Waals surface area contributed by atoms with Gasteiger partial charge in [-0.15, -0.1) is 0 Å². The average Bonchev–Trinajstić information content (AvgIpc) is 2.20. The highest BCUT2D eigenvalue weighted by Gasteiger charge is 2.10. The molecule has 0 heterocycles. The van der Waals surface area contributed by atoms with Crippen LogP contribution in [0.25, 0.3) is 0 Å². The molecule has 1 aromatic carbocycles. The van der Waals surface area contributed by atoms with Crippen LogP contribution in [0, 0.1) is 10.1 Å². The number of hydrogen-bond donors (Lipinski definition) is 0. The standard InChI is InChI=1S/C10H10ClNO4/c1-7(13)4-5-16-10-6-8(12(14)15)2-3-9(10)11/h2-3,6H,4-5H2,1H3. The molecular weight excluding hydrogens is 234 g/mol. The molecule has 1 rings (SSSR count). The van der Waals surface area contributed by atoms with Gasteiger partial charge in [-0.2, -0.15) is 0 Å². The fourth-order valence-electron chi connectivity index (χ4n) is 1.02. The smallest absolute Gasteiger partial charge is 0.273 e. The second-order valence-corrected chi connectivity index (χ2v) is 3.58. The predicted molar refractivity (Wildman–Crippen MR) is 58.9 cm³/mol. The summed E-state index contributed by atoms with van der Waals surface area (Å²) in [6, 6.07) is 3.92. The van der Waals surface area contributed by atoms with E-state index in [0.29, 0.717) is 0 Å². The molecule has 0 aliphatic heterocycles. The topological polar surface area (TPSA) is 69.4 Å². The Morgan fingerprint density at radius 3 is 2.81 bits per heavy atom. The quantitative estimate of drug-likeness (QED) is 0.589. The molecule has 6 heteroatoms. The Bertz CT molecular complexity index is 419. The van der Waals surface area contributed by atoms with Gasteiger partial charge in [0.25, 0.3) is 5.69 Å². The van der Waals surface area contributed by atoms with Gasteiger partial charge in [-0.1, -0.05) is 11.6 Å². The van der Waals surface area contributed by atoms with Gasteiger partial charge < -0.3 is 4.74 Å². The van der Waals surface area contributed by atoms with Gasteiger partial charge in [0.15, 0.2) is 0 Å². The summed E-state index contributed by atoms with van der Waals surface area (Å²) in [6.07, 6.45) is 0.249. The van der Waals surface area contributed by atoms with Crippen LogP contribution in [-0.4, -0.2) is 17.3 Å². The van der Waals surface area contributed by atoms with Crippen LogP contribution in [0.2, 0.25) is 5.02 Å². The van der Waals surface area contributed by atoms with Crippen LogP contribution in [0.4, 0.5) is 5.69 Å². The summed E-state index contributed by atoms with van der Waals surface area (Å²) in [7, 11) is 0. The molecule has 0 spiro atoms. The van der Waals surface area contributed by atoms with Crippen LogP contribution >= 0.6 is 11.6 Å². The Balaban J connectivity index is 2.74. The molecular formula is C10H10ClNO4. The number of ether oxygens (including phenoxy) is 1. The van der Waals surface area contributed by atoms with Gasteiger partial charge in [-0.05, 0) is 13.0 Å². The van der Waals surface area contributed by atoms with Crippen molar-refractivity contribution in [2.45, 2.75) is 13.3 Å². The SMILES string of the molecule is CC(=O)CCOc1cc([N+](=O)[O-])ccc1Cl. The molecule has 0 unspecified atom stereocenters. The summed E-state index contributed by atoms with van der Waals surface area (Å²) in [5.41, 5.74) is -0.0952. The lowest BCUT2D eigenvalue weighted by Crippen LogP contribution is -2.03. The van der Waals surface area contributed by atoms with E-state index in [2.05, 4.69) is 0 Å². The summed E-state index contributed by atoms with van der Waals surface area (Å²) in [5.74, 6) is 0.207. The first-order valence-corrected chi connectivity index (χ1v) is 4.94. The molecule has 0 N–H and O–H groups in total. The largest absolute Gasteiger partial charge is 0.491 e. The molecule has 0 saturated carbocycles. The second-order valence-electron chi connectivity index (χ2n) is 3.17. The summed E-state index contributed by atoms with van der Waals surface area (Å²) in [5, 5.41) is 10.8. The maximum absolute atomic E-state index is 10.7. The summed E-state index contributed by atoms with van der Waals surface area (Å²) in [6.45, 7) is 1.61. The van der Waals surface area contributed by atoms with Gasteiger partial charge in [0, 0.05) is 12.5 Å². The summed E-state index contributed by atoms with van der Waals surface area (Å²) < 4.78 is 5.18. The zero-order valence-electron chi connectivity index (χ0n) is 8.60. The number of ketones is 1. The van der Waals surface area contributed by atoms with E-state index in [1.54, 1.807) is 0 Å². The van der Waals surface area contributed by atoms with Crippen LogP contribution in [0.5, 0.6) is 5.75 Å². The third-order valence-electron chi connectivity index (χ3n) is 1.84. The zero-order chi connectivity index (χ0) is 12.1. The molecule has 0 saturated heterocycles. The molecule has 0 radical (unpaired) electrons. The molecule has 0 aliphatic rings. The molecule has 1 aromatic rings. The van der Waals surface area contributed by atoms with Crippen molar-refractivity contribution in [1.29, 1.82) is 0 Å². The number of nitrogens with zero attached hydrogens (tertiary/aromatic N) is 1. The van der Waals surface area contributed by atoms with Gasteiger partial charge in [-0.25, -0.2) is 0 Å². The van der Waals surface area contributed by atoms with Crippen LogP contribution < -0.4 is 4.74 Å². The number of nitro benzene ring substituents is 1. The number of benzene rings is 1. The highest BCUT2D eigenvalue weighted by molar-refractivity contribution is 6.32. The lowest BCUT2D eigenvalue weighted by molar-refractivity contribution is -0.384. The predicted octanol–water partition coefficient (Wildman–Crippen LogP) is 2.61. The van der Waals surface area contributed by atoms with E-state index < -0.39 is 4.92 Å². The number of carbonyl (C=O) groups is 1. The molecule has 0 aliphatic carbocycles. The van der Waals surface area contributed by atoms with Crippen molar-refractivity contribution in [1.82, 2.24) is 0 Å². The molecule has 5 nitrogen and oxygen atoms in total. The van der Waals surface area contributed by atoms with Crippen molar-refractivity contribution in [3.63, 3.8) is 0 Å². The Hall–Kier alpha value is -1.62. The molecule has 0 bridgehead atoms. The van der Waals surface area contributed by atoms with E-state index in [9.17, 15) is 14.9 Å². The van der Waals surface area contributed by atoms with Crippen molar-refractivity contribution in [3.8, 4) is 5.75 Å². The molecule has 0 aromatic heterocycles. The van der Waals surface area contributed by atoms with Gasteiger partial charge >= 0.3 is 0 Å². The minimum absolute atomic E-state index is 0.0125. The Morgan fingerprint density at radius 2 is 2.25 bits per heavy atom. The molecule has 0 fully saturated rings. The van der Waals surface area contributed by atoms with E-state index in [1.165, 1.54) is 25.1 Å². The van der Waals surface area contributed by atoms with Crippen LogP contribution in [0.3, 0.4) is 0 Å². The summed E-state index contributed by atoms with van der Waals surface area (Å²) >= 11 is 5.78. The van der Waals surface area contributed by atoms with E-state index in [4.69, 9.17) is 16.3 Å². The van der Waals surface area contributed by atoms with Crippen molar-refractivity contribution in [3.05, 3.63) is 33.3 Å². The minimum Gasteiger partial charge on any atom is -0.491 e. The van der Waals surface area contributed by atoms with E-state index in [-0.39, 0.29) is 35.3 Å². The van der Waals surface area contributed by atoms with Crippen molar-refractivity contribution in [2.75, 3.05) is 6.61 Å². The van der Waals surface area contributed by atoms with E-state index in [0.717, 1.165) is 0 Å². The van der Waals surface area contributed by atoms with E-state index in [1.807, 2.05) is 0 Å². The fraction of sp³-hybridized carbons (Fsp3) is 0.300. The maximum atomic E-state index is 10.7. The van der Waals surface area contributed by atoms with Crippen LogP contribution in [-0.2, 0) is 4.79 Å².